The SMILES string of the molecule is COc1c(C)c2c(c(O)c1C/C=C(\C)CCC(=O)O)C(=O)OC2.Cl. The molecule has 0 amide bonds. The third kappa shape index (κ3) is 3.82. The fourth-order valence-corrected chi connectivity index (χ4v) is 2.71. The van der Waals surface area contributed by atoms with Crippen LogP contribution in [0.15, 0.2) is 11.6 Å². The van der Waals surface area contributed by atoms with E-state index in [4.69, 9.17) is 14.6 Å². The van der Waals surface area contributed by atoms with Gasteiger partial charge in [-0.1, -0.05) is 11.6 Å². The van der Waals surface area contributed by atoms with Gasteiger partial charge in [0, 0.05) is 17.5 Å². The van der Waals surface area contributed by atoms with Crippen LogP contribution >= 0.6 is 12.4 Å². The second kappa shape index (κ2) is 8.06. The van der Waals surface area contributed by atoms with Gasteiger partial charge in [-0.15, -0.1) is 12.4 Å². The molecule has 0 fully saturated rings. The first-order chi connectivity index (χ1) is 10.9. The number of cyclic esters (lactones) is 1. The predicted octanol–water partition coefficient (Wildman–Crippen LogP) is 3.16. The van der Waals surface area contributed by atoms with E-state index >= 15 is 0 Å². The summed E-state index contributed by atoms with van der Waals surface area (Å²) in [6, 6.07) is 0. The van der Waals surface area contributed by atoms with E-state index in [1.165, 1.54) is 7.11 Å². The van der Waals surface area contributed by atoms with Crippen LogP contribution in [0.25, 0.3) is 0 Å². The van der Waals surface area contributed by atoms with E-state index < -0.39 is 11.9 Å². The van der Waals surface area contributed by atoms with Gasteiger partial charge in [-0.3, -0.25) is 4.79 Å². The van der Waals surface area contributed by atoms with Crippen LogP contribution in [0.3, 0.4) is 0 Å². The van der Waals surface area contributed by atoms with E-state index in [-0.39, 0.29) is 36.7 Å². The number of carboxylic acids is 1. The summed E-state index contributed by atoms with van der Waals surface area (Å²) in [5.74, 6) is -0.973. The highest BCUT2D eigenvalue weighted by Crippen LogP contribution is 2.41. The fourth-order valence-electron chi connectivity index (χ4n) is 2.71. The number of fused-ring (bicyclic) bond motifs is 1. The number of aromatic hydroxyl groups is 1. The Labute approximate surface area is 146 Å². The zero-order chi connectivity index (χ0) is 17.1. The standard InChI is InChI=1S/C17H20O6.ClH/c1-9(5-7-13(18)19)4-6-11-15(20)14-12(8-23-17(14)21)10(2)16(11)22-3;/h4,20H,5-8H2,1-3H3,(H,18,19);1H/b9-4+;. The highest BCUT2D eigenvalue weighted by atomic mass is 35.5. The number of phenols is 1. The summed E-state index contributed by atoms with van der Waals surface area (Å²) in [6.45, 7) is 3.79. The van der Waals surface area contributed by atoms with E-state index in [2.05, 4.69) is 0 Å². The molecule has 0 aliphatic carbocycles. The molecule has 0 unspecified atom stereocenters. The average molecular weight is 357 g/mol. The monoisotopic (exact) mass is 356 g/mol. The molecular weight excluding hydrogens is 336 g/mol. The average Bonchev–Trinajstić information content (AvgIpc) is 2.89. The maximum absolute atomic E-state index is 11.8. The molecule has 0 bridgehead atoms. The van der Waals surface area contributed by atoms with Gasteiger partial charge in [0.2, 0.25) is 0 Å². The highest BCUT2D eigenvalue weighted by molar-refractivity contribution is 5.98. The first-order valence-corrected chi connectivity index (χ1v) is 7.32. The number of esters is 1. The van der Waals surface area contributed by atoms with E-state index in [1.807, 2.05) is 19.9 Å². The number of carboxylic acid groups (broad SMARTS) is 1. The molecule has 1 aromatic rings. The highest BCUT2D eigenvalue weighted by Gasteiger charge is 2.31. The first kappa shape index (κ1) is 19.8. The summed E-state index contributed by atoms with van der Waals surface area (Å²) in [4.78, 5) is 22.4. The van der Waals surface area contributed by atoms with Gasteiger partial charge in [0.15, 0.2) is 0 Å². The summed E-state index contributed by atoms with van der Waals surface area (Å²) >= 11 is 0. The molecule has 1 aromatic carbocycles. The van der Waals surface area contributed by atoms with Gasteiger partial charge < -0.3 is 19.7 Å². The number of rotatable bonds is 6. The molecular formula is C17H21ClO6. The van der Waals surface area contributed by atoms with E-state index in [0.717, 1.165) is 11.1 Å². The smallest absolute Gasteiger partial charge is 0.342 e. The van der Waals surface area contributed by atoms with Gasteiger partial charge in [-0.2, -0.15) is 0 Å². The minimum atomic E-state index is -0.853. The third-order valence-corrected chi connectivity index (χ3v) is 4.04. The summed E-state index contributed by atoms with van der Waals surface area (Å²) in [5, 5.41) is 19.1. The number of ether oxygens (including phenoxy) is 2. The minimum absolute atomic E-state index is 0. The predicted molar refractivity (Wildman–Crippen MR) is 90.1 cm³/mol. The molecule has 132 valence electrons. The number of methoxy groups -OCH3 is 1. The summed E-state index contributed by atoms with van der Waals surface area (Å²) in [5.41, 5.74) is 3.04. The minimum Gasteiger partial charge on any atom is -0.507 e. The van der Waals surface area contributed by atoms with Gasteiger partial charge in [0.1, 0.15) is 23.7 Å². The van der Waals surface area contributed by atoms with Crippen molar-refractivity contribution in [3.8, 4) is 11.5 Å². The van der Waals surface area contributed by atoms with Gasteiger partial charge >= 0.3 is 11.9 Å². The van der Waals surface area contributed by atoms with Gasteiger partial charge in [-0.25, -0.2) is 4.79 Å². The van der Waals surface area contributed by atoms with Crippen LogP contribution < -0.4 is 4.74 Å². The van der Waals surface area contributed by atoms with Crippen LogP contribution in [-0.4, -0.2) is 29.3 Å². The topological polar surface area (TPSA) is 93.1 Å². The van der Waals surface area contributed by atoms with Crippen molar-refractivity contribution in [1.82, 2.24) is 0 Å². The van der Waals surface area contributed by atoms with Gasteiger partial charge in [-0.05, 0) is 32.3 Å². The normalized spacial score (nSPS) is 13.1. The molecule has 7 heteroatoms. The number of benzene rings is 1. The Morgan fingerprint density at radius 3 is 2.62 bits per heavy atom. The van der Waals surface area contributed by atoms with Crippen molar-refractivity contribution in [2.75, 3.05) is 7.11 Å². The number of allylic oxidation sites excluding steroid dienone is 2. The summed E-state index contributed by atoms with van der Waals surface area (Å²) < 4.78 is 10.4. The molecule has 1 heterocycles. The molecule has 2 rings (SSSR count). The number of halogens is 1. The number of carbonyl (C=O) groups excluding carboxylic acids is 1. The van der Waals surface area contributed by atoms with Crippen molar-refractivity contribution < 1.29 is 29.3 Å². The molecule has 0 saturated heterocycles. The molecule has 0 atom stereocenters. The molecule has 0 radical (unpaired) electrons. The molecule has 1 aliphatic heterocycles. The Morgan fingerprint density at radius 2 is 2.04 bits per heavy atom. The largest absolute Gasteiger partial charge is 0.507 e. The van der Waals surface area contributed by atoms with Crippen LogP contribution in [0.2, 0.25) is 0 Å². The number of carbonyl (C=O) groups is 2. The second-order valence-electron chi connectivity index (χ2n) is 5.56. The lowest BCUT2D eigenvalue weighted by molar-refractivity contribution is -0.136. The number of aliphatic carboxylic acids is 1. The Bertz CT molecular complexity index is 693. The molecule has 0 spiro atoms. The fraction of sp³-hybridized carbons (Fsp3) is 0.412. The molecule has 0 saturated carbocycles. The van der Waals surface area contributed by atoms with Crippen LogP contribution in [0.5, 0.6) is 11.5 Å². The van der Waals surface area contributed by atoms with Crippen LogP contribution in [0.1, 0.15) is 46.8 Å². The van der Waals surface area contributed by atoms with Crippen molar-refractivity contribution in [2.45, 2.75) is 39.7 Å². The van der Waals surface area contributed by atoms with E-state index in [1.54, 1.807) is 0 Å². The third-order valence-electron chi connectivity index (χ3n) is 4.04. The quantitative estimate of drug-likeness (QED) is 0.600. The summed E-state index contributed by atoms with van der Waals surface area (Å²) in [6.07, 6.45) is 2.68. The Kier molecular flexibility index (Phi) is 6.66. The van der Waals surface area contributed by atoms with Crippen molar-refractivity contribution in [3.63, 3.8) is 0 Å². The van der Waals surface area contributed by atoms with Crippen LogP contribution in [0.4, 0.5) is 0 Å². The van der Waals surface area contributed by atoms with Gasteiger partial charge in [0.05, 0.1) is 7.11 Å². The number of hydrogen-bond donors (Lipinski definition) is 2. The molecule has 24 heavy (non-hydrogen) atoms. The van der Waals surface area contributed by atoms with Crippen molar-refractivity contribution in [3.05, 3.63) is 33.9 Å². The second-order valence-corrected chi connectivity index (χ2v) is 5.56. The molecule has 6 nitrogen and oxygen atoms in total. The van der Waals surface area contributed by atoms with E-state index in [0.29, 0.717) is 29.7 Å². The Morgan fingerprint density at radius 1 is 1.38 bits per heavy atom. The Balaban J connectivity index is 0.00000288. The van der Waals surface area contributed by atoms with Crippen LogP contribution in [0, 0.1) is 6.92 Å². The Hall–Kier alpha value is -2.21. The molecule has 2 N–H and O–H groups in total. The van der Waals surface area contributed by atoms with Crippen molar-refractivity contribution in [2.24, 2.45) is 0 Å². The zero-order valence-corrected chi connectivity index (χ0v) is 14.7. The number of hydrogen-bond acceptors (Lipinski definition) is 5. The maximum Gasteiger partial charge on any atom is 0.342 e. The summed E-state index contributed by atoms with van der Waals surface area (Å²) in [7, 11) is 1.51. The van der Waals surface area contributed by atoms with Crippen molar-refractivity contribution >= 4 is 24.3 Å². The van der Waals surface area contributed by atoms with Gasteiger partial charge in [0.25, 0.3) is 0 Å². The van der Waals surface area contributed by atoms with Crippen LogP contribution in [-0.2, 0) is 22.6 Å². The molecule has 1 aliphatic rings. The molecule has 0 aromatic heterocycles. The lowest BCUT2D eigenvalue weighted by Gasteiger charge is -2.15. The maximum atomic E-state index is 11.8. The lowest BCUT2D eigenvalue weighted by atomic mass is 9.94. The van der Waals surface area contributed by atoms with Crippen molar-refractivity contribution in [1.29, 1.82) is 0 Å². The zero-order valence-electron chi connectivity index (χ0n) is 13.8. The first-order valence-electron chi connectivity index (χ1n) is 7.32. The van der Waals surface area contributed by atoms with E-state index in [9.17, 15) is 14.7 Å². The lowest BCUT2D eigenvalue weighted by Crippen LogP contribution is -2.03. The number of phenolic OH excluding ortho intramolecular Hbond substituents is 1.